The first-order valence-corrected chi connectivity index (χ1v) is 8.92. The molecular formula is C17H34N4O2. The summed E-state index contributed by atoms with van der Waals surface area (Å²) in [5.41, 5.74) is 5.33. The molecule has 1 aliphatic rings. The fourth-order valence-corrected chi connectivity index (χ4v) is 2.80. The summed E-state index contributed by atoms with van der Waals surface area (Å²) in [5, 5.41) is 3.35. The van der Waals surface area contributed by atoms with Gasteiger partial charge in [0.25, 0.3) is 0 Å². The summed E-state index contributed by atoms with van der Waals surface area (Å²) in [6.07, 6.45) is 3.56. The van der Waals surface area contributed by atoms with E-state index in [1.54, 1.807) is 0 Å². The Morgan fingerprint density at radius 3 is 2.91 bits per heavy atom. The molecule has 23 heavy (non-hydrogen) atoms. The number of nitrogens with one attached hydrogen (secondary N) is 1. The Morgan fingerprint density at radius 1 is 1.48 bits per heavy atom. The lowest BCUT2D eigenvalue weighted by atomic mass is 9.95. The lowest BCUT2D eigenvalue weighted by molar-refractivity contribution is -0.119. The number of rotatable bonds is 9. The van der Waals surface area contributed by atoms with E-state index in [1.165, 1.54) is 0 Å². The highest BCUT2D eigenvalue weighted by atomic mass is 16.5. The third kappa shape index (κ3) is 8.79. The van der Waals surface area contributed by atoms with Crippen LogP contribution in [0.5, 0.6) is 0 Å². The number of nitrogens with two attached hydrogens (primary N) is 1. The van der Waals surface area contributed by atoms with Crippen LogP contribution >= 0.6 is 0 Å². The highest BCUT2D eigenvalue weighted by Gasteiger charge is 2.23. The van der Waals surface area contributed by atoms with E-state index in [1.807, 2.05) is 0 Å². The van der Waals surface area contributed by atoms with Crippen molar-refractivity contribution in [1.82, 2.24) is 10.2 Å². The molecule has 0 aliphatic carbocycles. The van der Waals surface area contributed by atoms with Crippen LogP contribution in [0, 0.1) is 11.8 Å². The Labute approximate surface area is 140 Å². The molecule has 1 saturated heterocycles. The third-order valence-electron chi connectivity index (χ3n) is 3.80. The molecule has 1 atom stereocenters. The fourth-order valence-electron chi connectivity index (χ4n) is 2.80. The Kier molecular flexibility index (Phi) is 9.67. The molecule has 1 aliphatic heterocycles. The minimum Gasteiger partial charge on any atom is -0.381 e. The van der Waals surface area contributed by atoms with Gasteiger partial charge in [0.2, 0.25) is 5.91 Å². The van der Waals surface area contributed by atoms with Crippen LogP contribution in [0.2, 0.25) is 0 Å². The summed E-state index contributed by atoms with van der Waals surface area (Å²) in [6, 6.07) is 0. The van der Waals surface area contributed by atoms with Crippen molar-refractivity contribution in [1.29, 1.82) is 0 Å². The Balaban J connectivity index is 2.42. The maximum absolute atomic E-state index is 11.1. The topological polar surface area (TPSA) is 80.0 Å². The molecule has 1 amide bonds. The molecular weight excluding hydrogens is 292 g/mol. The van der Waals surface area contributed by atoms with Crippen LogP contribution in [0.25, 0.3) is 0 Å². The number of likely N-dealkylation sites (tertiary alicyclic amines) is 1. The van der Waals surface area contributed by atoms with Crippen LogP contribution in [-0.4, -0.2) is 56.2 Å². The van der Waals surface area contributed by atoms with Gasteiger partial charge in [0.05, 0.1) is 0 Å². The summed E-state index contributed by atoms with van der Waals surface area (Å²) >= 11 is 0. The number of hydrogen-bond acceptors (Lipinski definition) is 3. The van der Waals surface area contributed by atoms with Crippen molar-refractivity contribution in [3.8, 4) is 0 Å². The maximum Gasteiger partial charge on any atom is 0.217 e. The quantitative estimate of drug-likeness (QED) is 0.383. The lowest BCUT2D eigenvalue weighted by Crippen LogP contribution is -2.47. The van der Waals surface area contributed by atoms with Gasteiger partial charge in [-0.3, -0.25) is 9.79 Å². The minimum absolute atomic E-state index is 0.207. The average molecular weight is 326 g/mol. The summed E-state index contributed by atoms with van der Waals surface area (Å²) < 4.78 is 5.59. The van der Waals surface area contributed by atoms with E-state index in [4.69, 9.17) is 15.5 Å². The number of aliphatic imine (C=N–C) groups is 1. The predicted molar refractivity (Wildman–Crippen MR) is 94.4 cm³/mol. The summed E-state index contributed by atoms with van der Waals surface area (Å²) in [6.45, 7) is 11.4. The van der Waals surface area contributed by atoms with Crippen molar-refractivity contribution in [2.24, 2.45) is 22.6 Å². The molecule has 1 unspecified atom stereocenters. The number of nitrogens with zero attached hydrogens (tertiary/aromatic N) is 2. The molecule has 0 aromatic carbocycles. The predicted octanol–water partition coefficient (Wildman–Crippen LogP) is 1.60. The monoisotopic (exact) mass is 326 g/mol. The largest absolute Gasteiger partial charge is 0.381 e. The van der Waals surface area contributed by atoms with Gasteiger partial charge in [-0.1, -0.05) is 13.8 Å². The molecule has 6 nitrogen and oxygen atoms in total. The first-order chi connectivity index (χ1) is 11.0. The molecule has 1 fully saturated rings. The van der Waals surface area contributed by atoms with Gasteiger partial charge in [0.1, 0.15) is 0 Å². The SMILES string of the molecule is CCNC(=NCCCOCC(C)C)N1CCCC(CC(N)=O)C1. The van der Waals surface area contributed by atoms with Gasteiger partial charge in [0, 0.05) is 45.8 Å². The van der Waals surface area contributed by atoms with Crippen LogP contribution < -0.4 is 11.1 Å². The highest BCUT2D eigenvalue weighted by molar-refractivity contribution is 5.80. The van der Waals surface area contributed by atoms with Crippen molar-refractivity contribution in [2.75, 3.05) is 39.4 Å². The van der Waals surface area contributed by atoms with E-state index in [0.29, 0.717) is 18.3 Å². The van der Waals surface area contributed by atoms with E-state index >= 15 is 0 Å². The molecule has 3 N–H and O–H groups in total. The number of primary amides is 1. The zero-order chi connectivity index (χ0) is 17.1. The van der Waals surface area contributed by atoms with Crippen molar-refractivity contribution in [3.63, 3.8) is 0 Å². The standard InChI is InChI=1S/C17H34N4O2/c1-4-19-17(20-8-6-10-23-13-14(2)3)21-9-5-7-15(12-21)11-16(18)22/h14-15H,4-13H2,1-3H3,(H2,18,22)(H,19,20). The van der Waals surface area contributed by atoms with Gasteiger partial charge in [-0.2, -0.15) is 0 Å². The molecule has 0 saturated carbocycles. The molecule has 0 aromatic heterocycles. The van der Waals surface area contributed by atoms with Crippen LogP contribution in [-0.2, 0) is 9.53 Å². The molecule has 0 spiro atoms. The fraction of sp³-hybridized carbons (Fsp3) is 0.882. The molecule has 0 bridgehead atoms. The minimum atomic E-state index is -0.207. The van der Waals surface area contributed by atoms with Gasteiger partial charge in [-0.25, -0.2) is 0 Å². The Hall–Kier alpha value is -1.30. The Morgan fingerprint density at radius 2 is 2.26 bits per heavy atom. The third-order valence-corrected chi connectivity index (χ3v) is 3.80. The molecule has 134 valence electrons. The maximum atomic E-state index is 11.1. The summed E-state index contributed by atoms with van der Waals surface area (Å²) in [5.74, 6) is 1.66. The number of carbonyl (C=O) groups is 1. The molecule has 0 radical (unpaired) electrons. The van der Waals surface area contributed by atoms with Crippen LogP contribution in [0.15, 0.2) is 4.99 Å². The van der Waals surface area contributed by atoms with Crippen LogP contribution in [0.3, 0.4) is 0 Å². The van der Waals surface area contributed by atoms with Crippen LogP contribution in [0.1, 0.15) is 46.5 Å². The van der Waals surface area contributed by atoms with Gasteiger partial charge in [-0.05, 0) is 38.0 Å². The van der Waals surface area contributed by atoms with E-state index in [9.17, 15) is 4.79 Å². The van der Waals surface area contributed by atoms with E-state index in [-0.39, 0.29) is 5.91 Å². The van der Waals surface area contributed by atoms with E-state index in [2.05, 4.69) is 31.0 Å². The van der Waals surface area contributed by atoms with Crippen molar-refractivity contribution in [3.05, 3.63) is 0 Å². The number of hydrogen-bond donors (Lipinski definition) is 2. The van der Waals surface area contributed by atoms with Crippen LogP contribution in [0.4, 0.5) is 0 Å². The number of ether oxygens (including phenoxy) is 1. The number of carbonyl (C=O) groups excluding carboxylic acids is 1. The molecule has 6 heteroatoms. The average Bonchev–Trinajstić information content (AvgIpc) is 2.49. The molecule has 0 aromatic rings. The van der Waals surface area contributed by atoms with E-state index in [0.717, 1.165) is 64.6 Å². The smallest absolute Gasteiger partial charge is 0.217 e. The zero-order valence-corrected chi connectivity index (χ0v) is 15.0. The zero-order valence-electron chi connectivity index (χ0n) is 15.0. The van der Waals surface area contributed by atoms with Gasteiger partial charge >= 0.3 is 0 Å². The second-order valence-electron chi connectivity index (χ2n) is 6.68. The van der Waals surface area contributed by atoms with Crippen molar-refractivity contribution in [2.45, 2.75) is 46.5 Å². The van der Waals surface area contributed by atoms with Crippen molar-refractivity contribution < 1.29 is 9.53 Å². The second-order valence-corrected chi connectivity index (χ2v) is 6.68. The van der Waals surface area contributed by atoms with Gasteiger partial charge in [-0.15, -0.1) is 0 Å². The van der Waals surface area contributed by atoms with E-state index < -0.39 is 0 Å². The van der Waals surface area contributed by atoms with Gasteiger partial charge in [0.15, 0.2) is 5.96 Å². The lowest BCUT2D eigenvalue weighted by Gasteiger charge is -2.34. The first kappa shape index (κ1) is 19.7. The second kappa shape index (κ2) is 11.3. The molecule has 1 rings (SSSR count). The number of guanidine groups is 1. The van der Waals surface area contributed by atoms with Crippen molar-refractivity contribution >= 4 is 11.9 Å². The number of amides is 1. The number of piperidine rings is 1. The normalized spacial score (nSPS) is 19.2. The summed E-state index contributed by atoms with van der Waals surface area (Å²) in [4.78, 5) is 18.1. The highest BCUT2D eigenvalue weighted by Crippen LogP contribution is 2.19. The Bertz CT molecular complexity index is 372. The summed E-state index contributed by atoms with van der Waals surface area (Å²) in [7, 11) is 0. The molecule has 1 heterocycles. The van der Waals surface area contributed by atoms with Gasteiger partial charge < -0.3 is 20.7 Å². The first-order valence-electron chi connectivity index (χ1n) is 8.92.